The van der Waals surface area contributed by atoms with Gasteiger partial charge in [-0.3, -0.25) is 4.79 Å². The molecule has 2 unspecified atom stereocenters. The van der Waals surface area contributed by atoms with E-state index in [1.165, 1.54) is 5.56 Å². The maximum absolute atomic E-state index is 12.0. The molecule has 1 aromatic rings. The van der Waals surface area contributed by atoms with Crippen LogP contribution in [0.3, 0.4) is 0 Å². The Bertz CT molecular complexity index is 681. The van der Waals surface area contributed by atoms with Gasteiger partial charge in [-0.1, -0.05) is 6.07 Å². The molecule has 0 saturated carbocycles. The molecule has 1 aliphatic heterocycles. The van der Waals surface area contributed by atoms with Crippen molar-refractivity contribution in [2.75, 3.05) is 25.6 Å². The van der Waals surface area contributed by atoms with Gasteiger partial charge in [-0.25, -0.2) is 0 Å². The minimum absolute atomic E-state index is 0.175. The quantitative estimate of drug-likeness (QED) is 0.631. The minimum Gasteiger partial charge on any atom is -0.466 e. The Kier molecular flexibility index (Phi) is 6.16. The summed E-state index contributed by atoms with van der Waals surface area (Å²) in [5, 5.41) is 9.51. The Hall–Kier alpha value is -2.13. The first kappa shape index (κ1) is 18.2. The maximum Gasteiger partial charge on any atom is 0.306 e. The smallest absolute Gasteiger partial charge is 0.306 e. The van der Waals surface area contributed by atoms with Gasteiger partial charge in [0.2, 0.25) is 0 Å². The molecule has 2 atom stereocenters. The summed E-state index contributed by atoms with van der Waals surface area (Å²) in [7, 11) is 1.85. The molecule has 0 saturated heterocycles. The number of hydrogen-bond donors (Lipinski definition) is 1. The summed E-state index contributed by atoms with van der Waals surface area (Å²) >= 11 is 1.74. The van der Waals surface area contributed by atoms with Crippen LogP contribution in [0.15, 0.2) is 24.4 Å². The Morgan fingerprint density at radius 1 is 1.50 bits per heavy atom. The molecule has 0 spiro atoms. The van der Waals surface area contributed by atoms with Crippen molar-refractivity contribution in [3.05, 3.63) is 35.5 Å². The summed E-state index contributed by atoms with van der Waals surface area (Å²) in [5.74, 6) is 0.356. The molecular formula is C18H23N3O2S. The van der Waals surface area contributed by atoms with E-state index < -0.39 is 6.04 Å². The van der Waals surface area contributed by atoms with Gasteiger partial charge < -0.3 is 15.4 Å². The molecule has 0 amide bonds. The van der Waals surface area contributed by atoms with E-state index >= 15 is 0 Å². The Balaban J connectivity index is 2.38. The minimum atomic E-state index is -0.395. The molecular weight excluding hydrogens is 322 g/mol. The van der Waals surface area contributed by atoms with Crippen LogP contribution in [0.1, 0.15) is 24.5 Å². The van der Waals surface area contributed by atoms with Crippen molar-refractivity contribution >= 4 is 29.0 Å². The van der Waals surface area contributed by atoms with Crippen LogP contribution in [0.5, 0.6) is 0 Å². The lowest BCUT2D eigenvalue weighted by atomic mass is 9.86. The fourth-order valence-corrected chi connectivity index (χ4v) is 3.54. The van der Waals surface area contributed by atoms with E-state index in [4.69, 9.17) is 10.5 Å². The largest absolute Gasteiger partial charge is 0.466 e. The Morgan fingerprint density at radius 2 is 2.25 bits per heavy atom. The summed E-state index contributed by atoms with van der Waals surface area (Å²) in [4.78, 5) is 13.8. The van der Waals surface area contributed by atoms with Crippen LogP contribution in [-0.2, 0) is 15.3 Å². The van der Waals surface area contributed by atoms with Crippen molar-refractivity contribution in [3.8, 4) is 6.07 Å². The topological polar surface area (TPSA) is 79.3 Å². The summed E-state index contributed by atoms with van der Waals surface area (Å²) in [6.45, 7) is 2.12. The van der Waals surface area contributed by atoms with Crippen LogP contribution >= 0.6 is 11.8 Å². The molecule has 2 N–H and O–H groups in total. The van der Waals surface area contributed by atoms with Crippen LogP contribution in [0.2, 0.25) is 0 Å². The third kappa shape index (κ3) is 3.85. The molecule has 1 aliphatic rings. The fraction of sp³-hybridized carbons (Fsp3) is 0.444. The van der Waals surface area contributed by atoms with E-state index in [1.54, 1.807) is 18.7 Å². The highest BCUT2D eigenvalue weighted by atomic mass is 32.2. The van der Waals surface area contributed by atoms with E-state index in [2.05, 4.69) is 12.1 Å². The van der Waals surface area contributed by atoms with Gasteiger partial charge in [0.1, 0.15) is 6.04 Å². The highest BCUT2D eigenvalue weighted by Crippen LogP contribution is 2.39. The number of esters is 1. The third-order valence-corrected chi connectivity index (χ3v) is 4.75. The molecule has 0 bridgehead atoms. The van der Waals surface area contributed by atoms with Crippen molar-refractivity contribution in [2.45, 2.75) is 25.1 Å². The predicted molar refractivity (Wildman–Crippen MR) is 98.0 cm³/mol. The van der Waals surface area contributed by atoms with E-state index in [9.17, 15) is 10.1 Å². The number of nitriles is 1. The number of anilines is 1. The van der Waals surface area contributed by atoms with Gasteiger partial charge in [0.05, 0.1) is 19.1 Å². The molecule has 1 aromatic carbocycles. The highest BCUT2D eigenvalue weighted by molar-refractivity contribution is 7.97. The zero-order valence-electron chi connectivity index (χ0n) is 14.3. The van der Waals surface area contributed by atoms with Crippen LogP contribution in [0.25, 0.3) is 5.57 Å². The molecule has 0 aromatic heterocycles. The van der Waals surface area contributed by atoms with Crippen molar-refractivity contribution in [1.29, 1.82) is 5.26 Å². The molecule has 5 nitrogen and oxygen atoms in total. The average Bonchev–Trinajstić information content (AvgIpc) is 2.85. The maximum atomic E-state index is 12.0. The van der Waals surface area contributed by atoms with E-state index in [0.29, 0.717) is 12.3 Å². The Labute approximate surface area is 147 Å². The number of thioether (sulfide) groups is 1. The number of benzene rings is 1. The van der Waals surface area contributed by atoms with Crippen LogP contribution < -0.4 is 5.73 Å². The van der Waals surface area contributed by atoms with E-state index in [1.807, 2.05) is 36.5 Å². The van der Waals surface area contributed by atoms with Gasteiger partial charge >= 0.3 is 5.97 Å². The first-order chi connectivity index (χ1) is 11.5. The first-order valence-electron chi connectivity index (χ1n) is 7.88. The lowest BCUT2D eigenvalue weighted by Crippen LogP contribution is -2.29. The second kappa shape index (κ2) is 8.11. The number of rotatable bonds is 6. The van der Waals surface area contributed by atoms with Crippen LogP contribution in [0, 0.1) is 17.2 Å². The number of carbonyl (C=O) groups excluding carboxylic acids is 1. The van der Waals surface area contributed by atoms with Gasteiger partial charge in [-0.2, -0.15) is 17.0 Å². The molecule has 0 aliphatic carbocycles. The molecule has 0 fully saturated rings. The van der Waals surface area contributed by atoms with Crippen LogP contribution in [0.4, 0.5) is 5.69 Å². The number of ether oxygens (including phenoxy) is 1. The fourth-order valence-electron chi connectivity index (χ4n) is 3.03. The second-order valence-electron chi connectivity index (χ2n) is 5.79. The normalized spacial score (nSPS) is 19.8. The lowest BCUT2D eigenvalue weighted by molar-refractivity contribution is -0.143. The van der Waals surface area contributed by atoms with Gasteiger partial charge in [-0.15, -0.1) is 0 Å². The standard InChI is InChI=1S/C18H23N3O2S/c1-4-23-18(22)8-14-15(10-21(2)17(14)9-19)13-7-12(11-24-3)5-6-16(13)20/h5-7,10,14,17H,4,8,11,20H2,1-3H3. The summed E-state index contributed by atoms with van der Waals surface area (Å²) in [6.07, 6.45) is 4.15. The van der Waals surface area contributed by atoms with Crippen LogP contribution in [-0.4, -0.2) is 36.8 Å². The lowest BCUT2D eigenvalue weighted by Gasteiger charge is -2.21. The molecule has 1 heterocycles. The SMILES string of the molecule is CCOC(=O)CC1C(c2cc(CSC)ccc2N)=CN(C)C1C#N. The molecule has 2 rings (SSSR count). The van der Waals surface area contributed by atoms with Crippen molar-refractivity contribution in [3.63, 3.8) is 0 Å². The average molecular weight is 345 g/mol. The van der Waals surface area contributed by atoms with Gasteiger partial charge in [0.15, 0.2) is 0 Å². The zero-order chi connectivity index (χ0) is 17.7. The van der Waals surface area contributed by atoms with Gasteiger partial charge in [0, 0.05) is 36.2 Å². The Morgan fingerprint density at radius 3 is 2.88 bits per heavy atom. The number of nitrogens with zero attached hydrogens (tertiary/aromatic N) is 2. The van der Waals surface area contributed by atoms with Crippen molar-refractivity contribution in [2.24, 2.45) is 5.92 Å². The highest BCUT2D eigenvalue weighted by Gasteiger charge is 2.36. The van der Waals surface area contributed by atoms with Crippen molar-refractivity contribution in [1.82, 2.24) is 4.90 Å². The summed E-state index contributed by atoms with van der Waals surface area (Å²) in [6, 6.07) is 7.86. The summed E-state index contributed by atoms with van der Waals surface area (Å²) < 4.78 is 5.08. The number of carbonyl (C=O) groups is 1. The zero-order valence-corrected chi connectivity index (χ0v) is 15.1. The van der Waals surface area contributed by atoms with E-state index in [0.717, 1.165) is 16.9 Å². The van der Waals surface area contributed by atoms with Gasteiger partial charge in [-0.05, 0) is 36.4 Å². The monoisotopic (exact) mass is 345 g/mol. The number of hydrogen-bond acceptors (Lipinski definition) is 6. The number of nitrogen functional groups attached to an aromatic ring is 1. The first-order valence-corrected chi connectivity index (χ1v) is 9.27. The third-order valence-electron chi connectivity index (χ3n) is 4.13. The van der Waals surface area contributed by atoms with Gasteiger partial charge in [0.25, 0.3) is 0 Å². The van der Waals surface area contributed by atoms with Crippen molar-refractivity contribution < 1.29 is 9.53 Å². The summed E-state index contributed by atoms with van der Waals surface area (Å²) in [5.41, 5.74) is 9.85. The molecule has 128 valence electrons. The second-order valence-corrected chi connectivity index (χ2v) is 6.66. The predicted octanol–water partition coefficient (Wildman–Crippen LogP) is 2.88. The molecule has 24 heavy (non-hydrogen) atoms. The molecule has 6 heteroatoms. The molecule has 0 radical (unpaired) electrons. The van der Waals surface area contributed by atoms with E-state index in [-0.39, 0.29) is 18.3 Å². The number of nitrogens with two attached hydrogens (primary N) is 1.